The van der Waals surface area contributed by atoms with E-state index in [-0.39, 0.29) is 28.4 Å². The summed E-state index contributed by atoms with van der Waals surface area (Å²) in [5, 5.41) is 16.4. The molecule has 1 aliphatic rings. The van der Waals surface area contributed by atoms with Crippen LogP contribution in [0.5, 0.6) is 0 Å². The third-order valence-corrected chi connectivity index (χ3v) is 5.86. The van der Waals surface area contributed by atoms with Gasteiger partial charge >= 0.3 is 5.97 Å². The van der Waals surface area contributed by atoms with E-state index in [2.05, 4.69) is 41.6 Å². The second-order valence-electron chi connectivity index (χ2n) is 7.93. The number of thiophene rings is 1. The number of ketones is 1. The van der Waals surface area contributed by atoms with Gasteiger partial charge in [-0.3, -0.25) is 4.79 Å². The molecule has 1 aliphatic heterocycles. The molecule has 0 saturated heterocycles. The van der Waals surface area contributed by atoms with Gasteiger partial charge in [-0.1, -0.05) is 56.2 Å². The number of esters is 1. The summed E-state index contributed by atoms with van der Waals surface area (Å²) in [6, 6.07) is 10.8. The molecule has 1 N–H and O–H groups in total. The van der Waals surface area contributed by atoms with Crippen molar-refractivity contribution in [3.05, 3.63) is 69.1 Å². The minimum absolute atomic E-state index is 0.0186. The molecule has 30 heavy (non-hydrogen) atoms. The second-order valence-corrected chi connectivity index (χ2v) is 8.88. The van der Waals surface area contributed by atoms with Gasteiger partial charge in [-0.05, 0) is 38.4 Å². The van der Waals surface area contributed by atoms with Crippen molar-refractivity contribution in [2.24, 2.45) is 0 Å². The van der Waals surface area contributed by atoms with Crippen LogP contribution in [-0.2, 0) is 14.9 Å². The highest BCUT2D eigenvalue weighted by molar-refractivity contribution is 7.12. The first-order valence-corrected chi connectivity index (χ1v) is 10.2. The number of benzene rings is 1. The van der Waals surface area contributed by atoms with Crippen LogP contribution in [0.25, 0.3) is 0 Å². The summed E-state index contributed by atoms with van der Waals surface area (Å²) in [7, 11) is 1.27. The lowest BCUT2D eigenvalue weighted by molar-refractivity contribution is -0.136. The maximum absolute atomic E-state index is 13.5. The van der Waals surface area contributed by atoms with E-state index < -0.39 is 12.0 Å². The average molecular weight is 423 g/mol. The molecule has 2 aromatic heterocycles. The van der Waals surface area contributed by atoms with Gasteiger partial charge in [-0.15, -0.1) is 11.3 Å². The Hall–Kier alpha value is -3.33. The molecule has 0 amide bonds. The van der Waals surface area contributed by atoms with E-state index in [0.717, 1.165) is 11.1 Å². The van der Waals surface area contributed by atoms with E-state index in [1.165, 1.54) is 23.1 Å². The Morgan fingerprint density at radius 2 is 1.90 bits per heavy atom. The van der Waals surface area contributed by atoms with Crippen LogP contribution >= 0.6 is 11.3 Å². The fourth-order valence-electron chi connectivity index (χ4n) is 3.40. The van der Waals surface area contributed by atoms with E-state index in [1.54, 1.807) is 12.1 Å². The number of aromatic nitrogens is 4. The number of methoxy groups -OCH3 is 1. The van der Waals surface area contributed by atoms with E-state index >= 15 is 0 Å². The zero-order valence-electron chi connectivity index (χ0n) is 17.0. The Kier molecular flexibility index (Phi) is 4.98. The smallest absolute Gasteiger partial charge is 0.355 e. The molecule has 8 nitrogen and oxygen atoms in total. The van der Waals surface area contributed by atoms with Crippen molar-refractivity contribution in [1.82, 2.24) is 20.2 Å². The van der Waals surface area contributed by atoms with Crippen molar-refractivity contribution in [2.75, 3.05) is 12.4 Å². The van der Waals surface area contributed by atoms with Crippen LogP contribution < -0.4 is 5.32 Å². The minimum atomic E-state index is -0.672. The van der Waals surface area contributed by atoms with Crippen molar-refractivity contribution >= 4 is 29.0 Å². The van der Waals surface area contributed by atoms with Gasteiger partial charge in [0.2, 0.25) is 11.7 Å². The lowest BCUT2D eigenvalue weighted by Gasteiger charge is -2.28. The van der Waals surface area contributed by atoms with Gasteiger partial charge in [0.25, 0.3) is 0 Å². The Bertz CT molecular complexity index is 1120. The Labute approximate surface area is 177 Å². The highest BCUT2D eigenvalue weighted by atomic mass is 32.1. The number of anilines is 1. The molecule has 0 bridgehead atoms. The lowest BCUT2D eigenvalue weighted by atomic mass is 9.85. The Morgan fingerprint density at radius 3 is 2.50 bits per heavy atom. The average Bonchev–Trinajstić information content (AvgIpc) is 3.42. The van der Waals surface area contributed by atoms with E-state index in [1.807, 2.05) is 29.6 Å². The van der Waals surface area contributed by atoms with Crippen molar-refractivity contribution in [3.8, 4) is 0 Å². The third kappa shape index (κ3) is 3.41. The first kappa shape index (κ1) is 20.0. The van der Waals surface area contributed by atoms with Crippen molar-refractivity contribution in [3.63, 3.8) is 0 Å². The zero-order valence-corrected chi connectivity index (χ0v) is 17.9. The maximum Gasteiger partial charge on any atom is 0.355 e. The number of tetrazole rings is 1. The van der Waals surface area contributed by atoms with Crippen LogP contribution in [0, 0.1) is 0 Å². The maximum atomic E-state index is 13.5. The highest BCUT2D eigenvalue weighted by Crippen LogP contribution is 2.37. The zero-order chi connectivity index (χ0) is 21.5. The van der Waals surface area contributed by atoms with Crippen molar-refractivity contribution < 1.29 is 14.3 Å². The van der Waals surface area contributed by atoms with Crippen LogP contribution in [0.2, 0.25) is 0 Å². The molecule has 154 valence electrons. The molecule has 1 atom stereocenters. The molecule has 0 aliphatic carbocycles. The van der Waals surface area contributed by atoms with Crippen LogP contribution in [0.15, 0.2) is 53.0 Å². The van der Waals surface area contributed by atoms with Crippen LogP contribution in [-0.4, -0.2) is 39.1 Å². The molecular weight excluding hydrogens is 402 g/mol. The molecule has 0 fully saturated rings. The number of carbonyl (C=O) groups excluding carboxylic acids is 2. The number of carbonyl (C=O) groups is 2. The van der Waals surface area contributed by atoms with Crippen LogP contribution in [0.1, 0.15) is 47.6 Å². The van der Waals surface area contributed by atoms with Gasteiger partial charge in [-0.2, -0.15) is 4.68 Å². The van der Waals surface area contributed by atoms with Crippen LogP contribution in [0.4, 0.5) is 5.95 Å². The molecule has 3 aromatic rings. The van der Waals surface area contributed by atoms with E-state index in [0.29, 0.717) is 4.88 Å². The number of fused-ring (bicyclic) bond motifs is 1. The predicted molar refractivity (Wildman–Crippen MR) is 112 cm³/mol. The molecule has 1 aromatic carbocycles. The summed E-state index contributed by atoms with van der Waals surface area (Å²) >= 11 is 1.31. The second kappa shape index (κ2) is 7.49. The fourth-order valence-corrected chi connectivity index (χ4v) is 4.08. The molecule has 3 heterocycles. The van der Waals surface area contributed by atoms with Gasteiger partial charge in [-0.25, -0.2) is 4.79 Å². The Balaban J connectivity index is 1.91. The summed E-state index contributed by atoms with van der Waals surface area (Å²) in [5.74, 6) is -0.660. The number of allylic oxidation sites excluding steroid dienone is 1. The van der Waals surface area contributed by atoms with Gasteiger partial charge in [0.15, 0.2) is 0 Å². The monoisotopic (exact) mass is 423 g/mol. The Morgan fingerprint density at radius 1 is 1.17 bits per heavy atom. The molecule has 0 radical (unpaired) electrons. The predicted octanol–water partition coefficient (Wildman–Crippen LogP) is 3.36. The molecule has 9 heteroatoms. The van der Waals surface area contributed by atoms with Gasteiger partial charge in [0, 0.05) is 0 Å². The third-order valence-electron chi connectivity index (χ3n) is 4.99. The topological polar surface area (TPSA) is 99.0 Å². The number of nitrogens with one attached hydrogen (secondary N) is 1. The lowest BCUT2D eigenvalue weighted by Crippen LogP contribution is -2.32. The van der Waals surface area contributed by atoms with Crippen molar-refractivity contribution in [1.29, 1.82) is 0 Å². The van der Waals surface area contributed by atoms with Gasteiger partial charge in [0.1, 0.15) is 11.7 Å². The van der Waals surface area contributed by atoms with Crippen molar-refractivity contribution in [2.45, 2.75) is 32.2 Å². The van der Waals surface area contributed by atoms with Gasteiger partial charge < -0.3 is 10.1 Å². The normalized spacial score (nSPS) is 16.1. The number of hydrogen-bond donors (Lipinski definition) is 1. The first-order valence-electron chi connectivity index (χ1n) is 9.37. The first-order chi connectivity index (χ1) is 14.3. The molecular formula is C21H21N5O3S. The summed E-state index contributed by atoms with van der Waals surface area (Å²) in [6.45, 7) is 6.40. The molecule has 1 unspecified atom stereocenters. The quantitative estimate of drug-likeness (QED) is 0.507. The number of nitrogens with zero attached hydrogens (tertiary/aromatic N) is 4. The summed E-state index contributed by atoms with van der Waals surface area (Å²) in [6.07, 6.45) is 0. The van der Waals surface area contributed by atoms with E-state index in [9.17, 15) is 9.59 Å². The van der Waals surface area contributed by atoms with Gasteiger partial charge in [0.05, 0.1) is 17.6 Å². The van der Waals surface area contributed by atoms with Crippen LogP contribution in [0.3, 0.4) is 0 Å². The number of rotatable bonds is 4. The largest absolute Gasteiger partial charge is 0.464 e. The summed E-state index contributed by atoms with van der Waals surface area (Å²) in [4.78, 5) is 26.5. The minimum Gasteiger partial charge on any atom is -0.464 e. The van der Waals surface area contributed by atoms with E-state index in [4.69, 9.17) is 4.74 Å². The SMILES string of the molecule is COC(=O)C1=C(C(=O)c2cccs2)C(c2ccc(C(C)(C)C)cc2)n2nnnc2N1. The number of hydrogen-bond acceptors (Lipinski definition) is 8. The summed E-state index contributed by atoms with van der Waals surface area (Å²) < 4.78 is 6.45. The fraction of sp³-hybridized carbons (Fsp3) is 0.286. The number of ether oxygens (including phenoxy) is 1. The molecule has 0 saturated carbocycles. The molecule has 4 rings (SSSR count). The standard InChI is InChI=1S/C21H21N5O3S/c1-21(2,3)13-9-7-12(8-10-13)17-15(18(27)14-6-5-11-30-14)16(19(28)29-4)22-20-23-24-25-26(17)20/h5-11,17H,1-4H3,(H,22,23,25). The number of Topliss-reactive ketones (excluding diaryl/α,β-unsaturated/α-hetero) is 1. The highest BCUT2D eigenvalue weighted by Gasteiger charge is 2.38. The molecule has 0 spiro atoms. The summed E-state index contributed by atoms with van der Waals surface area (Å²) in [5.41, 5.74) is 2.21.